The van der Waals surface area contributed by atoms with Crippen molar-refractivity contribution in [1.29, 1.82) is 0 Å². The van der Waals surface area contributed by atoms with Crippen LogP contribution in [0.15, 0.2) is 64.0 Å². The molecule has 0 aliphatic carbocycles. The molecule has 0 spiro atoms. The number of aromatic amines is 1. The van der Waals surface area contributed by atoms with Crippen LogP contribution in [0.1, 0.15) is 27.6 Å². The fraction of sp³-hybridized carbons (Fsp3) is 0.158. The molecule has 1 amide bonds. The van der Waals surface area contributed by atoms with E-state index in [9.17, 15) is 14.7 Å². The van der Waals surface area contributed by atoms with Crippen LogP contribution in [0.4, 0.5) is 0 Å². The van der Waals surface area contributed by atoms with Gasteiger partial charge in [-0.1, -0.05) is 24.3 Å². The van der Waals surface area contributed by atoms with E-state index in [1.54, 1.807) is 24.3 Å². The van der Waals surface area contributed by atoms with Crippen LogP contribution < -0.4 is 10.9 Å². The molecule has 0 aliphatic rings. The van der Waals surface area contributed by atoms with Gasteiger partial charge in [0.1, 0.15) is 11.3 Å². The molecule has 0 fully saturated rings. The number of amides is 1. The fourth-order valence-electron chi connectivity index (χ4n) is 2.58. The molecule has 0 bridgehead atoms. The van der Waals surface area contributed by atoms with Crippen molar-refractivity contribution < 1.29 is 14.3 Å². The molecule has 2 heterocycles. The Labute approximate surface area is 144 Å². The van der Waals surface area contributed by atoms with Gasteiger partial charge < -0.3 is 19.8 Å². The molecule has 0 saturated heterocycles. The SMILES string of the molecule is Cc1ccccc1C(O)CNC(=O)c1ccc(-c2ccco2)[nH]c1=O. The van der Waals surface area contributed by atoms with Crippen LogP contribution in [0.3, 0.4) is 0 Å². The van der Waals surface area contributed by atoms with Gasteiger partial charge in [0.05, 0.1) is 18.1 Å². The second-order valence-electron chi connectivity index (χ2n) is 5.67. The van der Waals surface area contributed by atoms with Crippen molar-refractivity contribution in [3.8, 4) is 11.5 Å². The van der Waals surface area contributed by atoms with Gasteiger partial charge in [-0.15, -0.1) is 0 Å². The summed E-state index contributed by atoms with van der Waals surface area (Å²) >= 11 is 0. The molecule has 128 valence electrons. The fourth-order valence-corrected chi connectivity index (χ4v) is 2.58. The molecule has 6 nitrogen and oxygen atoms in total. The van der Waals surface area contributed by atoms with Crippen LogP contribution in [0.5, 0.6) is 0 Å². The smallest absolute Gasteiger partial charge is 0.261 e. The maximum Gasteiger partial charge on any atom is 0.261 e. The molecular weight excluding hydrogens is 320 g/mol. The number of hydrogen-bond donors (Lipinski definition) is 3. The Kier molecular flexibility index (Phi) is 4.81. The number of rotatable bonds is 5. The van der Waals surface area contributed by atoms with Crippen LogP contribution in [-0.4, -0.2) is 22.5 Å². The van der Waals surface area contributed by atoms with Gasteiger partial charge in [-0.2, -0.15) is 0 Å². The van der Waals surface area contributed by atoms with E-state index in [2.05, 4.69) is 10.3 Å². The molecule has 1 atom stereocenters. The number of pyridine rings is 1. The highest BCUT2D eigenvalue weighted by atomic mass is 16.3. The van der Waals surface area contributed by atoms with E-state index in [1.807, 2.05) is 25.1 Å². The van der Waals surface area contributed by atoms with Crippen LogP contribution in [0.2, 0.25) is 0 Å². The number of hydrogen-bond acceptors (Lipinski definition) is 4. The Morgan fingerprint density at radius 1 is 1.20 bits per heavy atom. The molecule has 25 heavy (non-hydrogen) atoms. The highest BCUT2D eigenvalue weighted by Crippen LogP contribution is 2.17. The summed E-state index contributed by atoms with van der Waals surface area (Å²) in [6.45, 7) is 1.90. The van der Waals surface area contributed by atoms with Gasteiger partial charge in [0.15, 0.2) is 0 Å². The number of benzene rings is 1. The van der Waals surface area contributed by atoms with Crippen molar-refractivity contribution in [3.63, 3.8) is 0 Å². The normalized spacial score (nSPS) is 11.9. The first-order valence-corrected chi connectivity index (χ1v) is 7.85. The molecule has 1 aromatic carbocycles. The molecule has 3 N–H and O–H groups in total. The largest absolute Gasteiger partial charge is 0.463 e. The Balaban J connectivity index is 1.69. The van der Waals surface area contributed by atoms with Crippen LogP contribution in [0, 0.1) is 6.92 Å². The third kappa shape index (κ3) is 3.70. The van der Waals surface area contributed by atoms with Crippen molar-refractivity contribution in [3.05, 3.63) is 81.8 Å². The predicted molar refractivity (Wildman–Crippen MR) is 93.2 cm³/mol. The van der Waals surface area contributed by atoms with Crippen LogP contribution in [0.25, 0.3) is 11.5 Å². The average Bonchev–Trinajstić information content (AvgIpc) is 3.14. The van der Waals surface area contributed by atoms with E-state index >= 15 is 0 Å². The second-order valence-corrected chi connectivity index (χ2v) is 5.67. The van der Waals surface area contributed by atoms with Gasteiger partial charge >= 0.3 is 0 Å². The number of H-pyrrole nitrogens is 1. The number of aliphatic hydroxyl groups is 1. The van der Waals surface area contributed by atoms with Crippen LogP contribution in [-0.2, 0) is 0 Å². The van der Waals surface area contributed by atoms with Crippen LogP contribution >= 0.6 is 0 Å². The molecule has 0 aliphatic heterocycles. The van der Waals surface area contributed by atoms with E-state index in [0.717, 1.165) is 11.1 Å². The Bertz CT molecular complexity index is 929. The second kappa shape index (κ2) is 7.19. The van der Waals surface area contributed by atoms with Crippen molar-refractivity contribution in [2.75, 3.05) is 6.54 Å². The summed E-state index contributed by atoms with van der Waals surface area (Å²) in [4.78, 5) is 27.0. The highest BCUT2D eigenvalue weighted by Gasteiger charge is 2.15. The van der Waals surface area contributed by atoms with Gasteiger partial charge in [-0.3, -0.25) is 9.59 Å². The number of carbonyl (C=O) groups excluding carboxylic acids is 1. The van der Waals surface area contributed by atoms with Gasteiger partial charge in [0, 0.05) is 6.54 Å². The summed E-state index contributed by atoms with van der Waals surface area (Å²) in [5.74, 6) is -0.0288. The summed E-state index contributed by atoms with van der Waals surface area (Å²) in [5.41, 5.74) is 1.63. The molecule has 3 aromatic rings. The lowest BCUT2D eigenvalue weighted by Gasteiger charge is -2.14. The lowest BCUT2D eigenvalue weighted by Crippen LogP contribution is -2.32. The quantitative estimate of drug-likeness (QED) is 0.666. The minimum Gasteiger partial charge on any atom is -0.463 e. The summed E-state index contributed by atoms with van der Waals surface area (Å²) in [7, 11) is 0. The number of aryl methyl sites for hydroxylation is 1. The van der Waals surface area contributed by atoms with E-state index in [-0.39, 0.29) is 12.1 Å². The zero-order valence-electron chi connectivity index (χ0n) is 13.7. The minimum atomic E-state index is -0.841. The summed E-state index contributed by atoms with van der Waals surface area (Å²) in [6.07, 6.45) is 0.660. The summed E-state index contributed by atoms with van der Waals surface area (Å²) in [5, 5.41) is 12.8. The first-order chi connectivity index (χ1) is 12.1. The maximum absolute atomic E-state index is 12.2. The standard InChI is InChI=1S/C19H18N2O4/c1-12-5-2-3-6-13(12)16(22)11-20-18(23)14-8-9-15(21-19(14)24)17-7-4-10-25-17/h2-10,16,22H,11H2,1H3,(H,20,23)(H,21,24). The van der Waals surface area contributed by atoms with E-state index in [0.29, 0.717) is 11.5 Å². The average molecular weight is 338 g/mol. The monoisotopic (exact) mass is 338 g/mol. The van der Waals surface area contributed by atoms with Crippen molar-refractivity contribution in [2.24, 2.45) is 0 Å². The minimum absolute atomic E-state index is 0.0169. The maximum atomic E-state index is 12.2. The summed E-state index contributed by atoms with van der Waals surface area (Å²) in [6, 6.07) is 13.9. The van der Waals surface area contributed by atoms with Gasteiger partial charge in [0.25, 0.3) is 11.5 Å². The number of aromatic nitrogens is 1. The molecule has 0 radical (unpaired) electrons. The molecule has 2 aromatic heterocycles. The van der Waals surface area contributed by atoms with E-state index < -0.39 is 17.6 Å². The number of furan rings is 1. The highest BCUT2D eigenvalue weighted by molar-refractivity contribution is 5.94. The molecule has 0 saturated carbocycles. The van der Waals surface area contributed by atoms with E-state index in [4.69, 9.17) is 4.42 Å². The predicted octanol–water partition coefficient (Wildman–Crippen LogP) is 2.41. The molecule has 3 rings (SSSR count). The first-order valence-electron chi connectivity index (χ1n) is 7.85. The lowest BCUT2D eigenvalue weighted by molar-refractivity contribution is 0.0914. The van der Waals surface area contributed by atoms with Crippen molar-refractivity contribution >= 4 is 5.91 Å². The molecule has 1 unspecified atom stereocenters. The molecular formula is C19H18N2O4. The third-order valence-electron chi connectivity index (χ3n) is 3.94. The zero-order chi connectivity index (χ0) is 17.8. The van der Waals surface area contributed by atoms with Gasteiger partial charge in [0.2, 0.25) is 0 Å². The topological polar surface area (TPSA) is 95.3 Å². The molecule has 6 heteroatoms. The Morgan fingerprint density at radius 3 is 2.68 bits per heavy atom. The first kappa shape index (κ1) is 16.7. The Morgan fingerprint density at radius 2 is 2.00 bits per heavy atom. The van der Waals surface area contributed by atoms with Crippen molar-refractivity contribution in [2.45, 2.75) is 13.0 Å². The lowest BCUT2D eigenvalue weighted by atomic mass is 10.0. The summed E-state index contributed by atoms with van der Waals surface area (Å²) < 4.78 is 5.21. The number of aliphatic hydroxyl groups excluding tert-OH is 1. The Hall–Kier alpha value is -3.12. The number of nitrogens with one attached hydrogen (secondary N) is 2. The number of carbonyl (C=O) groups is 1. The van der Waals surface area contributed by atoms with E-state index in [1.165, 1.54) is 12.3 Å². The van der Waals surface area contributed by atoms with Gasteiger partial charge in [-0.05, 0) is 42.3 Å². The van der Waals surface area contributed by atoms with Crippen molar-refractivity contribution in [1.82, 2.24) is 10.3 Å². The third-order valence-corrected chi connectivity index (χ3v) is 3.94. The zero-order valence-corrected chi connectivity index (χ0v) is 13.7. The van der Waals surface area contributed by atoms with Gasteiger partial charge in [-0.25, -0.2) is 0 Å².